The van der Waals surface area contributed by atoms with Crippen LogP contribution in [0.2, 0.25) is 0 Å². The normalized spacial score (nSPS) is 21.3. The van der Waals surface area contributed by atoms with E-state index in [2.05, 4.69) is 55.4 Å². The molecule has 0 atom stereocenters. The van der Waals surface area contributed by atoms with Crippen molar-refractivity contribution in [1.29, 1.82) is 0 Å². The maximum atomic E-state index is 10.1. The lowest BCUT2D eigenvalue weighted by Crippen LogP contribution is -2.26. The summed E-state index contributed by atoms with van der Waals surface area (Å²) >= 11 is 0. The number of hydrogen-bond donors (Lipinski definition) is 8. The van der Waals surface area contributed by atoms with Crippen molar-refractivity contribution in [2.45, 2.75) is 114 Å². The molecule has 0 heterocycles. The van der Waals surface area contributed by atoms with Crippen LogP contribution in [-0.4, -0.2) is 40.9 Å². The number of benzene rings is 4. The summed E-state index contributed by atoms with van der Waals surface area (Å²) in [5.41, 5.74) is 6.72. The summed E-state index contributed by atoms with van der Waals surface area (Å²) in [5.74, 6) is -0.889. The van der Waals surface area contributed by atoms with E-state index in [1.165, 1.54) is 0 Å². The molecule has 264 valence electrons. The minimum atomic E-state index is -0.353. The molecule has 0 aliphatic heterocycles. The van der Waals surface area contributed by atoms with E-state index < -0.39 is 0 Å². The van der Waals surface area contributed by atoms with Gasteiger partial charge in [0.2, 0.25) is 0 Å². The van der Waals surface area contributed by atoms with Gasteiger partial charge in [0.05, 0.1) is 0 Å². The molecule has 2 spiro atoms. The number of phenolic OH excluding ortho intramolecular Hbond substituents is 8. The quantitative estimate of drug-likeness (QED) is 0.0860. The smallest absolute Gasteiger partial charge is 0.157 e. The highest BCUT2D eigenvalue weighted by Crippen LogP contribution is 2.66. The topological polar surface area (TPSA) is 162 Å². The number of hydrogen-bond acceptors (Lipinski definition) is 8. The first-order chi connectivity index (χ1) is 23.0. The molecule has 0 fully saturated rings. The van der Waals surface area contributed by atoms with E-state index in [4.69, 9.17) is 0 Å². The van der Waals surface area contributed by atoms with Crippen molar-refractivity contribution in [2.75, 3.05) is 0 Å². The van der Waals surface area contributed by atoms with Crippen LogP contribution in [0.4, 0.5) is 0 Å². The fourth-order valence-corrected chi connectivity index (χ4v) is 10.7. The van der Waals surface area contributed by atoms with Crippen LogP contribution in [0.25, 0.3) is 0 Å². The van der Waals surface area contributed by atoms with E-state index in [1.807, 2.05) is 0 Å². The van der Waals surface area contributed by atoms with E-state index in [1.54, 1.807) is 48.5 Å². The Morgan fingerprint density at radius 3 is 0.580 bits per heavy atom. The van der Waals surface area contributed by atoms with Gasteiger partial charge in [-0.15, -0.1) is 0 Å². The molecule has 0 radical (unpaired) electrons. The second-order valence-corrected chi connectivity index (χ2v) is 18.0. The summed E-state index contributed by atoms with van der Waals surface area (Å²) in [7, 11) is 0. The summed E-state index contributed by atoms with van der Waals surface area (Å²) in [4.78, 5) is 0. The van der Waals surface area contributed by atoms with Gasteiger partial charge < -0.3 is 40.9 Å². The van der Waals surface area contributed by atoms with Gasteiger partial charge in [-0.1, -0.05) is 55.4 Å². The van der Waals surface area contributed by atoms with Gasteiger partial charge in [-0.2, -0.15) is 0 Å². The Balaban J connectivity index is 0.000000157. The minimum Gasteiger partial charge on any atom is -0.504 e. The Bertz CT molecular complexity index is 1820. The summed E-state index contributed by atoms with van der Waals surface area (Å²) < 4.78 is 0. The van der Waals surface area contributed by atoms with E-state index >= 15 is 0 Å². The third kappa shape index (κ3) is 4.49. The molecular formula is C42H48O8. The van der Waals surface area contributed by atoms with E-state index in [-0.39, 0.29) is 78.5 Å². The van der Waals surface area contributed by atoms with Gasteiger partial charge in [0.15, 0.2) is 46.0 Å². The predicted molar refractivity (Wildman–Crippen MR) is 191 cm³/mol. The lowest BCUT2D eigenvalue weighted by atomic mass is 9.72. The first-order valence-corrected chi connectivity index (χ1v) is 17.2. The molecule has 8 nitrogen and oxygen atoms in total. The zero-order chi connectivity index (χ0) is 36.7. The molecule has 4 aromatic carbocycles. The zero-order valence-electron chi connectivity index (χ0n) is 30.0. The van der Waals surface area contributed by atoms with Gasteiger partial charge in [0.25, 0.3) is 0 Å². The third-order valence-corrected chi connectivity index (χ3v) is 12.4. The molecular weight excluding hydrogens is 632 g/mol. The highest BCUT2D eigenvalue weighted by atomic mass is 16.3. The third-order valence-electron chi connectivity index (χ3n) is 12.4. The van der Waals surface area contributed by atoms with Crippen LogP contribution in [0.1, 0.15) is 126 Å². The van der Waals surface area contributed by atoms with Gasteiger partial charge >= 0.3 is 0 Å². The zero-order valence-corrected chi connectivity index (χ0v) is 30.0. The van der Waals surface area contributed by atoms with Gasteiger partial charge in [-0.3, -0.25) is 0 Å². The average Bonchev–Trinajstić information content (AvgIpc) is 3.51. The number of aromatic hydroxyl groups is 8. The Labute approximate surface area is 293 Å². The fraction of sp³-hybridized carbons (Fsp3) is 0.429. The summed E-state index contributed by atoms with van der Waals surface area (Å²) in [6, 6.07) is 13.4. The Hall–Kier alpha value is -4.72. The Morgan fingerprint density at radius 2 is 0.420 bits per heavy atom. The molecule has 0 aromatic heterocycles. The van der Waals surface area contributed by atoms with E-state index in [0.717, 1.165) is 70.2 Å². The van der Waals surface area contributed by atoms with Crippen LogP contribution in [0, 0.1) is 0 Å². The monoisotopic (exact) mass is 680 g/mol. The lowest BCUT2D eigenvalue weighted by molar-refractivity contribution is 0.348. The van der Waals surface area contributed by atoms with Crippen LogP contribution in [0.5, 0.6) is 46.0 Å². The van der Waals surface area contributed by atoms with Crippen LogP contribution < -0.4 is 0 Å². The highest BCUT2D eigenvalue weighted by Gasteiger charge is 2.58. The van der Waals surface area contributed by atoms with Crippen molar-refractivity contribution < 1.29 is 40.9 Å². The van der Waals surface area contributed by atoms with Crippen LogP contribution in [0.3, 0.4) is 0 Å². The van der Waals surface area contributed by atoms with Gasteiger partial charge in [-0.25, -0.2) is 0 Å². The minimum absolute atomic E-state index is 0.102. The summed E-state index contributed by atoms with van der Waals surface area (Å²) in [6.07, 6.45) is 3.27. The first kappa shape index (κ1) is 33.8. The SMILES string of the molecule is CC1(C)CC2(CC(C)(C)c3cc(O)c(O)cc32)c2cc(O)c(O)cc21.CC1(C)CC2(CC(C)(C)c3cc(O)c(O)cc32)c2cc(O)c(O)cc21. The molecule has 8 N–H and O–H groups in total. The van der Waals surface area contributed by atoms with Crippen molar-refractivity contribution in [1.82, 2.24) is 0 Å². The summed E-state index contributed by atoms with van der Waals surface area (Å²) in [5, 5.41) is 80.5. The molecule has 0 amide bonds. The number of fused-ring (bicyclic) bond motifs is 8. The molecule has 8 rings (SSSR count). The first-order valence-electron chi connectivity index (χ1n) is 17.2. The van der Waals surface area contributed by atoms with E-state index in [9.17, 15) is 40.9 Å². The summed E-state index contributed by atoms with van der Waals surface area (Å²) in [6.45, 7) is 17.1. The van der Waals surface area contributed by atoms with Gasteiger partial charge in [-0.05, 0) is 140 Å². The Morgan fingerprint density at radius 1 is 0.280 bits per heavy atom. The molecule has 8 heteroatoms. The molecule has 50 heavy (non-hydrogen) atoms. The van der Waals surface area contributed by atoms with Gasteiger partial charge in [0, 0.05) is 10.8 Å². The van der Waals surface area contributed by atoms with Gasteiger partial charge in [0.1, 0.15) is 0 Å². The largest absolute Gasteiger partial charge is 0.504 e. The average molecular weight is 681 g/mol. The maximum absolute atomic E-state index is 10.1. The van der Waals surface area contributed by atoms with Crippen LogP contribution in [0.15, 0.2) is 48.5 Å². The molecule has 0 bridgehead atoms. The van der Waals surface area contributed by atoms with Crippen molar-refractivity contribution in [3.05, 3.63) is 93.0 Å². The number of phenols is 8. The lowest BCUT2D eigenvalue weighted by Gasteiger charge is -2.30. The predicted octanol–water partition coefficient (Wildman–Crippen LogP) is 8.32. The van der Waals surface area contributed by atoms with Crippen molar-refractivity contribution in [3.63, 3.8) is 0 Å². The second-order valence-electron chi connectivity index (χ2n) is 18.0. The second kappa shape index (κ2) is 9.95. The van der Waals surface area contributed by atoms with Crippen LogP contribution in [-0.2, 0) is 32.5 Å². The molecule has 4 aromatic rings. The standard InChI is InChI=1S/2C21H24O4/c2*1-19(2)9-21(13-7-17(24)15(22)5-11(13)19)10-20(3,4)12-6-16(23)18(25)8-14(12)21/h2*5-8,22-25H,9-10H2,1-4H3. The molecule has 4 aliphatic rings. The Kier molecular flexibility index (Phi) is 6.72. The molecule has 4 aliphatic carbocycles. The molecule has 0 saturated heterocycles. The number of rotatable bonds is 0. The fourth-order valence-electron chi connectivity index (χ4n) is 10.7. The molecule has 0 unspecified atom stereocenters. The molecule has 0 saturated carbocycles. The van der Waals surface area contributed by atoms with Crippen molar-refractivity contribution >= 4 is 0 Å². The van der Waals surface area contributed by atoms with E-state index in [0.29, 0.717) is 0 Å². The highest BCUT2D eigenvalue weighted by molar-refractivity contribution is 5.67. The van der Waals surface area contributed by atoms with Crippen molar-refractivity contribution in [2.24, 2.45) is 0 Å². The maximum Gasteiger partial charge on any atom is 0.157 e. The van der Waals surface area contributed by atoms with Crippen LogP contribution >= 0.6 is 0 Å². The van der Waals surface area contributed by atoms with Crippen molar-refractivity contribution in [3.8, 4) is 46.0 Å².